The Labute approximate surface area is 202 Å². The molecule has 162 valence electrons. The molecule has 3 aromatic rings. The summed E-state index contributed by atoms with van der Waals surface area (Å²) in [5.41, 5.74) is 5.36. The molecule has 10 heteroatoms. The zero-order chi connectivity index (χ0) is 22.5. The van der Waals surface area contributed by atoms with Crippen molar-refractivity contribution in [3.05, 3.63) is 62.4 Å². The number of hydrazine groups is 1. The summed E-state index contributed by atoms with van der Waals surface area (Å²) in [6.07, 6.45) is 0. The van der Waals surface area contributed by atoms with E-state index in [2.05, 4.69) is 45.9 Å². The largest absolute Gasteiger partial charge is 0.492 e. The van der Waals surface area contributed by atoms with E-state index in [1.807, 2.05) is 24.3 Å². The summed E-state index contributed by atoms with van der Waals surface area (Å²) >= 11 is 16.1. The molecule has 0 radical (unpaired) electrons. The zero-order valence-electron chi connectivity index (χ0n) is 16.6. The molecule has 0 atom stereocenters. The number of ether oxygens (including phenoxy) is 1. The lowest BCUT2D eigenvalue weighted by molar-refractivity contribution is 0.0938. The summed E-state index contributed by atoms with van der Waals surface area (Å²) in [7, 11) is 0. The Morgan fingerprint density at radius 3 is 2.58 bits per heavy atom. The van der Waals surface area contributed by atoms with E-state index in [1.54, 1.807) is 18.2 Å². The lowest BCUT2D eigenvalue weighted by Crippen LogP contribution is -2.48. The van der Waals surface area contributed by atoms with Crippen molar-refractivity contribution >= 4 is 78.1 Å². The van der Waals surface area contributed by atoms with Crippen LogP contribution in [0.4, 0.5) is 0 Å². The van der Waals surface area contributed by atoms with E-state index in [-0.39, 0.29) is 5.11 Å². The minimum atomic E-state index is -0.447. The molecular formula is C21H19BrClN3O3S2. The molecule has 3 N–H and O–H groups in total. The molecule has 2 amide bonds. The van der Waals surface area contributed by atoms with Gasteiger partial charge in [-0.1, -0.05) is 43.6 Å². The number of thiocarbonyl (C=S) groups is 1. The normalized spacial score (nSPS) is 10.7. The standard InChI is InChI=1S/C21H19BrClN3O3S2/c1-11(2)10-29-15-8-7-12(9-14(15)22)19(27)24-21(30)26-25-20(28)18-17(23)13-5-3-4-6-16(13)31-18/h3-9,11H,10H2,1-2H3,(H,25,28)(H2,24,26,27,30). The van der Waals surface area contributed by atoms with Gasteiger partial charge in [-0.15, -0.1) is 11.3 Å². The monoisotopic (exact) mass is 539 g/mol. The highest BCUT2D eigenvalue weighted by Crippen LogP contribution is 2.34. The van der Waals surface area contributed by atoms with E-state index in [0.29, 0.717) is 38.2 Å². The fourth-order valence-corrected chi connectivity index (χ4v) is 4.60. The van der Waals surface area contributed by atoms with Crippen molar-refractivity contribution in [3.63, 3.8) is 0 Å². The molecule has 1 heterocycles. The van der Waals surface area contributed by atoms with Gasteiger partial charge >= 0.3 is 0 Å². The van der Waals surface area contributed by atoms with Crippen LogP contribution in [-0.4, -0.2) is 23.5 Å². The third-order valence-corrected chi connectivity index (χ3v) is 6.52. The molecule has 0 aliphatic carbocycles. The Kier molecular flexibility index (Phi) is 7.88. The van der Waals surface area contributed by atoms with Gasteiger partial charge in [0, 0.05) is 15.6 Å². The van der Waals surface area contributed by atoms with Crippen molar-refractivity contribution in [3.8, 4) is 5.75 Å². The SMILES string of the molecule is CC(C)COc1ccc(C(=O)NC(=S)NNC(=O)c2sc3ccccc3c2Cl)cc1Br. The quantitative estimate of drug-likeness (QED) is 0.302. The van der Waals surface area contributed by atoms with Gasteiger partial charge in [-0.25, -0.2) is 0 Å². The summed E-state index contributed by atoms with van der Waals surface area (Å²) in [6, 6.07) is 12.5. The molecule has 0 aliphatic heterocycles. The number of rotatable bonds is 5. The second-order valence-corrected chi connectivity index (χ2v) is 9.65. The topological polar surface area (TPSA) is 79.5 Å². The molecule has 0 bridgehead atoms. The number of amides is 2. The van der Waals surface area contributed by atoms with Gasteiger partial charge in [-0.2, -0.15) is 0 Å². The number of thiophene rings is 1. The molecule has 6 nitrogen and oxygen atoms in total. The minimum absolute atomic E-state index is 0.0492. The van der Waals surface area contributed by atoms with Crippen LogP contribution in [-0.2, 0) is 0 Å². The van der Waals surface area contributed by atoms with Crippen molar-refractivity contribution in [2.24, 2.45) is 5.92 Å². The number of nitrogens with one attached hydrogen (secondary N) is 3. The van der Waals surface area contributed by atoms with E-state index < -0.39 is 11.8 Å². The van der Waals surface area contributed by atoms with E-state index in [4.69, 9.17) is 28.6 Å². The van der Waals surface area contributed by atoms with Gasteiger partial charge in [0.05, 0.1) is 16.1 Å². The number of hydrogen-bond acceptors (Lipinski definition) is 5. The average Bonchev–Trinajstić information content (AvgIpc) is 3.08. The third-order valence-electron chi connectivity index (χ3n) is 4.02. The molecule has 1 aromatic heterocycles. The summed E-state index contributed by atoms with van der Waals surface area (Å²) in [4.78, 5) is 25.2. The minimum Gasteiger partial charge on any atom is -0.492 e. The molecule has 0 spiro atoms. The number of fused-ring (bicyclic) bond motifs is 1. The lowest BCUT2D eigenvalue weighted by Gasteiger charge is -2.13. The van der Waals surface area contributed by atoms with Gasteiger partial charge in [0.15, 0.2) is 5.11 Å². The van der Waals surface area contributed by atoms with Gasteiger partial charge < -0.3 is 4.74 Å². The van der Waals surface area contributed by atoms with Crippen molar-refractivity contribution in [1.82, 2.24) is 16.2 Å². The Morgan fingerprint density at radius 1 is 1.16 bits per heavy atom. The first-order valence-corrected chi connectivity index (χ1v) is 11.7. The molecule has 0 fully saturated rings. The molecule has 31 heavy (non-hydrogen) atoms. The van der Waals surface area contributed by atoms with Gasteiger partial charge in [-0.3, -0.25) is 25.8 Å². The predicted molar refractivity (Wildman–Crippen MR) is 132 cm³/mol. The smallest absolute Gasteiger partial charge is 0.281 e. The first-order valence-electron chi connectivity index (χ1n) is 9.27. The van der Waals surface area contributed by atoms with Gasteiger partial charge in [0.1, 0.15) is 10.6 Å². The second-order valence-electron chi connectivity index (χ2n) is 6.95. The molecular weight excluding hydrogens is 522 g/mol. The maximum atomic E-state index is 12.4. The number of halogens is 2. The van der Waals surface area contributed by atoms with Crippen LogP contribution < -0.4 is 20.9 Å². The molecule has 0 saturated carbocycles. The van der Waals surface area contributed by atoms with E-state index >= 15 is 0 Å². The predicted octanol–water partition coefficient (Wildman–Crippen LogP) is 5.30. The first-order chi connectivity index (χ1) is 14.8. The Bertz CT molecular complexity index is 1150. The fraction of sp³-hybridized carbons (Fsp3) is 0.190. The first kappa shape index (κ1) is 23.5. The molecule has 3 rings (SSSR count). The molecule has 2 aromatic carbocycles. The van der Waals surface area contributed by atoms with Crippen LogP contribution in [0, 0.1) is 5.92 Å². The Balaban J connectivity index is 1.56. The number of carbonyl (C=O) groups is 2. The second kappa shape index (κ2) is 10.4. The average molecular weight is 541 g/mol. The summed E-state index contributed by atoms with van der Waals surface area (Å²) in [5, 5.41) is 3.65. The van der Waals surface area contributed by atoms with Crippen LogP contribution in [0.15, 0.2) is 46.9 Å². The zero-order valence-corrected chi connectivity index (χ0v) is 20.6. The van der Waals surface area contributed by atoms with E-state index in [0.717, 1.165) is 10.1 Å². The molecule has 0 saturated heterocycles. The van der Waals surface area contributed by atoms with Crippen molar-refractivity contribution in [2.45, 2.75) is 13.8 Å². The number of carbonyl (C=O) groups excluding carboxylic acids is 2. The highest BCUT2D eigenvalue weighted by Gasteiger charge is 2.17. The van der Waals surface area contributed by atoms with Crippen molar-refractivity contribution < 1.29 is 14.3 Å². The molecule has 0 aliphatic rings. The highest BCUT2D eigenvalue weighted by molar-refractivity contribution is 9.10. The maximum Gasteiger partial charge on any atom is 0.281 e. The van der Waals surface area contributed by atoms with Crippen LogP contribution >= 0.6 is 51.1 Å². The lowest BCUT2D eigenvalue weighted by atomic mass is 10.2. The van der Waals surface area contributed by atoms with E-state index in [1.165, 1.54) is 11.3 Å². The maximum absolute atomic E-state index is 12.4. The molecule has 0 unspecified atom stereocenters. The van der Waals surface area contributed by atoms with Crippen molar-refractivity contribution in [2.75, 3.05) is 6.61 Å². The number of hydrogen-bond donors (Lipinski definition) is 3. The van der Waals surface area contributed by atoms with Gasteiger partial charge in [-0.05, 0) is 58.3 Å². The summed E-state index contributed by atoms with van der Waals surface area (Å²) in [5.74, 6) is 0.161. The fourth-order valence-electron chi connectivity index (χ4n) is 2.55. The third kappa shape index (κ3) is 5.94. The van der Waals surface area contributed by atoms with Crippen LogP contribution in [0.2, 0.25) is 5.02 Å². The van der Waals surface area contributed by atoms with Crippen LogP contribution in [0.3, 0.4) is 0 Å². The Morgan fingerprint density at radius 2 is 1.90 bits per heavy atom. The van der Waals surface area contributed by atoms with Crippen LogP contribution in [0.5, 0.6) is 5.75 Å². The Hall–Kier alpha value is -2.20. The van der Waals surface area contributed by atoms with Crippen LogP contribution in [0.25, 0.3) is 10.1 Å². The highest BCUT2D eigenvalue weighted by atomic mass is 79.9. The summed E-state index contributed by atoms with van der Waals surface area (Å²) in [6.45, 7) is 4.68. The number of benzene rings is 2. The van der Waals surface area contributed by atoms with Crippen LogP contribution in [0.1, 0.15) is 33.9 Å². The van der Waals surface area contributed by atoms with Crippen molar-refractivity contribution in [1.29, 1.82) is 0 Å². The van der Waals surface area contributed by atoms with E-state index in [9.17, 15) is 9.59 Å². The van der Waals surface area contributed by atoms with Gasteiger partial charge in [0.2, 0.25) is 0 Å². The van der Waals surface area contributed by atoms with Gasteiger partial charge in [0.25, 0.3) is 11.8 Å². The summed E-state index contributed by atoms with van der Waals surface area (Å²) < 4.78 is 7.24.